The van der Waals surface area contributed by atoms with Crippen LogP contribution in [-0.2, 0) is 0 Å². The van der Waals surface area contributed by atoms with Gasteiger partial charge in [-0.05, 0) is 71.8 Å². The SMILES string of the molecule is c1ccc(-c2ccc(N(c3ccc4c(c3)sc3ccccc34)c3ccc4c(c3)n3c5ccccc5c5ccc6c7ccccc7n4c6c53)cc2)cc1. The second-order valence-electron chi connectivity index (χ2n) is 13.8. The van der Waals surface area contributed by atoms with Crippen molar-refractivity contribution in [2.24, 2.45) is 0 Å². The molecule has 0 atom stereocenters. The third kappa shape index (κ3) is 3.79. The minimum atomic E-state index is 1.12. The first kappa shape index (κ1) is 28.1. The zero-order valence-corrected chi connectivity index (χ0v) is 28.8. The highest BCUT2D eigenvalue weighted by Gasteiger charge is 2.23. The van der Waals surface area contributed by atoms with Crippen LogP contribution in [0.25, 0.3) is 85.9 Å². The molecule has 0 radical (unpaired) electrons. The number of benzene rings is 8. The van der Waals surface area contributed by atoms with Crippen molar-refractivity contribution in [2.45, 2.75) is 0 Å². The number of hydrogen-bond donors (Lipinski definition) is 0. The molecule has 0 amide bonds. The first-order valence-electron chi connectivity index (χ1n) is 17.8. The Bertz CT molecular complexity index is 3350. The summed E-state index contributed by atoms with van der Waals surface area (Å²) in [4.78, 5) is 2.42. The van der Waals surface area contributed by atoms with Gasteiger partial charge in [0.05, 0.1) is 33.1 Å². The topological polar surface area (TPSA) is 12.1 Å². The van der Waals surface area contributed by atoms with Gasteiger partial charge in [0.25, 0.3) is 0 Å². The molecule has 0 spiro atoms. The predicted molar refractivity (Wildman–Crippen MR) is 223 cm³/mol. The van der Waals surface area contributed by atoms with Gasteiger partial charge < -0.3 is 13.7 Å². The van der Waals surface area contributed by atoms with Gasteiger partial charge >= 0.3 is 0 Å². The lowest BCUT2D eigenvalue weighted by atomic mass is 10.0. The van der Waals surface area contributed by atoms with E-state index in [0.29, 0.717) is 0 Å². The maximum Gasteiger partial charge on any atom is 0.0789 e. The summed E-state index contributed by atoms with van der Waals surface area (Å²) < 4.78 is 7.61. The molecule has 0 N–H and O–H groups in total. The fraction of sp³-hybridized carbons (Fsp3) is 0. The van der Waals surface area contributed by atoms with E-state index in [4.69, 9.17) is 0 Å². The van der Waals surface area contributed by atoms with E-state index in [1.165, 1.54) is 85.9 Å². The summed E-state index contributed by atoms with van der Waals surface area (Å²) in [5.41, 5.74) is 13.2. The highest BCUT2D eigenvalue weighted by Crippen LogP contribution is 2.45. The smallest absolute Gasteiger partial charge is 0.0789 e. The summed E-state index contributed by atoms with van der Waals surface area (Å²) in [5.74, 6) is 0. The van der Waals surface area contributed by atoms with Crippen LogP contribution in [0.4, 0.5) is 17.1 Å². The Morgan fingerprint density at radius 1 is 0.327 bits per heavy atom. The summed E-state index contributed by atoms with van der Waals surface area (Å²) >= 11 is 1.86. The van der Waals surface area contributed by atoms with Crippen molar-refractivity contribution < 1.29 is 0 Å². The lowest BCUT2D eigenvalue weighted by molar-refractivity contribution is 1.24. The lowest BCUT2D eigenvalue weighted by Crippen LogP contribution is -2.10. The number of anilines is 3. The molecule has 4 heterocycles. The second kappa shape index (κ2) is 10.5. The molecule has 4 heteroatoms. The van der Waals surface area contributed by atoms with E-state index in [2.05, 4.69) is 190 Å². The van der Waals surface area contributed by atoms with Crippen LogP contribution in [-0.4, -0.2) is 8.80 Å². The van der Waals surface area contributed by atoms with Gasteiger partial charge in [-0.3, -0.25) is 0 Å². The number of para-hydroxylation sites is 2. The van der Waals surface area contributed by atoms with Crippen LogP contribution in [0.3, 0.4) is 0 Å². The van der Waals surface area contributed by atoms with E-state index < -0.39 is 0 Å². The van der Waals surface area contributed by atoms with Crippen molar-refractivity contribution in [1.82, 2.24) is 8.80 Å². The number of nitrogens with zero attached hydrogens (tertiary/aromatic N) is 3. The Morgan fingerprint density at radius 2 is 0.846 bits per heavy atom. The molecule has 3 nitrogen and oxygen atoms in total. The number of aromatic nitrogens is 2. The molecule has 0 fully saturated rings. The fourth-order valence-corrected chi connectivity index (χ4v) is 9.89. The molecule has 0 saturated carbocycles. The van der Waals surface area contributed by atoms with Crippen LogP contribution in [0.5, 0.6) is 0 Å². The minimum absolute atomic E-state index is 1.12. The standard InChI is InChI=1S/C48H29N3S/c1-2-10-30(11-3-1)31-18-20-32(21-19-31)49(34-22-24-38-37-14-6-9-17-45(37)52-46(38)29-34)33-23-27-43-44(28-33)51-42-16-8-5-13-36(42)40-26-25-39-35-12-4-7-15-41(35)50(43)47(39)48(40)51/h1-29H. The van der Waals surface area contributed by atoms with Crippen molar-refractivity contribution >= 4 is 103 Å². The molecular weight excluding hydrogens is 651 g/mol. The molecular formula is C48H29N3S. The molecule has 12 rings (SSSR count). The Kier molecular flexibility index (Phi) is 5.65. The normalized spacial score (nSPS) is 12.2. The molecule has 0 bridgehead atoms. The highest BCUT2D eigenvalue weighted by atomic mass is 32.1. The highest BCUT2D eigenvalue weighted by molar-refractivity contribution is 7.25. The number of fused-ring (bicyclic) bond motifs is 12. The second-order valence-corrected chi connectivity index (χ2v) is 14.8. The van der Waals surface area contributed by atoms with E-state index in [0.717, 1.165) is 17.1 Å². The Labute approximate surface area is 302 Å². The van der Waals surface area contributed by atoms with Crippen LogP contribution >= 0.6 is 11.3 Å². The van der Waals surface area contributed by atoms with Gasteiger partial charge in [-0.1, -0.05) is 115 Å². The maximum absolute atomic E-state index is 2.51. The summed E-state index contributed by atoms with van der Waals surface area (Å²) in [5, 5.41) is 7.75. The van der Waals surface area contributed by atoms with Gasteiger partial charge in [0.2, 0.25) is 0 Å². The summed E-state index contributed by atoms with van der Waals surface area (Å²) in [6, 6.07) is 64.7. The van der Waals surface area contributed by atoms with Crippen LogP contribution in [0, 0.1) is 0 Å². The molecule has 0 aliphatic heterocycles. The largest absolute Gasteiger partial charge is 0.310 e. The van der Waals surface area contributed by atoms with E-state index in [9.17, 15) is 0 Å². The third-order valence-corrected chi connectivity index (χ3v) is 12.2. The molecule has 0 aliphatic rings. The molecule has 8 aromatic carbocycles. The Hall–Kier alpha value is -6.62. The van der Waals surface area contributed by atoms with Crippen molar-refractivity contribution in [3.63, 3.8) is 0 Å². The number of rotatable bonds is 4. The maximum atomic E-state index is 2.51. The van der Waals surface area contributed by atoms with E-state index in [1.54, 1.807) is 0 Å². The zero-order valence-electron chi connectivity index (χ0n) is 28.0. The van der Waals surface area contributed by atoms with Gasteiger partial charge in [0, 0.05) is 58.8 Å². The third-order valence-electron chi connectivity index (χ3n) is 11.0. The van der Waals surface area contributed by atoms with Gasteiger partial charge in [0.15, 0.2) is 0 Å². The average molecular weight is 680 g/mol. The van der Waals surface area contributed by atoms with Crippen LogP contribution < -0.4 is 4.90 Å². The van der Waals surface area contributed by atoms with Crippen molar-refractivity contribution in [2.75, 3.05) is 4.90 Å². The molecule has 0 unspecified atom stereocenters. The van der Waals surface area contributed by atoms with E-state index >= 15 is 0 Å². The first-order valence-corrected chi connectivity index (χ1v) is 18.6. The van der Waals surface area contributed by atoms with Gasteiger partial charge in [-0.15, -0.1) is 11.3 Å². The molecule has 52 heavy (non-hydrogen) atoms. The van der Waals surface area contributed by atoms with Gasteiger partial charge in [-0.2, -0.15) is 0 Å². The van der Waals surface area contributed by atoms with Gasteiger partial charge in [-0.25, -0.2) is 0 Å². The molecule has 4 aromatic heterocycles. The fourth-order valence-electron chi connectivity index (χ4n) is 8.75. The number of thiophene rings is 1. The molecule has 0 aliphatic carbocycles. The van der Waals surface area contributed by atoms with Crippen molar-refractivity contribution in [1.29, 1.82) is 0 Å². The first-order chi connectivity index (χ1) is 25.8. The quantitative estimate of drug-likeness (QED) is 0.169. The Morgan fingerprint density at radius 3 is 1.58 bits per heavy atom. The Balaban J connectivity index is 1.16. The monoisotopic (exact) mass is 679 g/mol. The molecule has 0 saturated heterocycles. The summed E-state index contributed by atoms with van der Waals surface area (Å²) in [6.45, 7) is 0. The van der Waals surface area contributed by atoms with E-state index in [1.807, 2.05) is 11.3 Å². The lowest BCUT2D eigenvalue weighted by Gasteiger charge is -2.26. The number of hydrogen-bond acceptors (Lipinski definition) is 2. The van der Waals surface area contributed by atoms with Crippen LogP contribution in [0.15, 0.2) is 176 Å². The van der Waals surface area contributed by atoms with Crippen LogP contribution in [0.1, 0.15) is 0 Å². The minimum Gasteiger partial charge on any atom is -0.310 e. The van der Waals surface area contributed by atoms with E-state index in [-0.39, 0.29) is 0 Å². The predicted octanol–water partition coefficient (Wildman–Crippen LogP) is 13.7. The van der Waals surface area contributed by atoms with Crippen molar-refractivity contribution in [3.05, 3.63) is 176 Å². The van der Waals surface area contributed by atoms with Crippen LogP contribution in [0.2, 0.25) is 0 Å². The summed E-state index contributed by atoms with van der Waals surface area (Å²) in [6.07, 6.45) is 0. The summed E-state index contributed by atoms with van der Waals surface area (Å²) in [7, 11) is 0. The van der Waals surface area contributed by atoms with Gasteiger partial charge in [0.1, 0.15) is 0 Å². The van der Waals surface area contributed by atoms with Crippen molar-refractivity contribution in [3.8, 4) is 11.1 Å². The molecule has 12 aromatic rings. The average Bonchev–Trinajstić information content (AvgIpc) is 3.86. The molecule has 242 valence electrons. The zero-order chi connectivity index (χ0) is 33.9.